The van der Waals surface area contributed by atoms with Crippen molar-refractivity contribution in [3.63, 3.8) is 0 Å². The van der Waals surface area contributed by atoms with Crippen molar-refractivity contribution in [3.8, 4) is 16.8 Å². The van der Waals surface area contributed by atoms with E-state index in [-0.39, 0.29) is 0 Å². The Hall–Kier alpha value is -7.10. The SMILES string of the molecule is c1cc(-c2cccc3ccccc23)cc(N(c2ccccc2-n2c3ccccc3c3ccccc32)c2cccc3oc4c5ccccc5ccc4c23)c1. The number of hydrogen-bond donors (Lipinski definition) is 0. The number of anilines is 3. The van der Waals surface area contributed by atoms with Gasteiger partial charge in [-0.3, -0.25) is 0 Å². The van der Waals surface area contributed by atoms with E-state index in [1.54, 1.807) is 0 Å². The molecule has 3 nitrogen and oxygen atoms in total. The number of furan rings is 1. The van der Waals surface area contributed by atoms with Crippen LogP contribution >= 0.6 is 0 Å². The van der Waals surface area contributed by atoms with Crippen LogP contribution in [0.5, 0.6) is 0 Å². The topological polar surface area (TPSA) is 21.3 Å². The van der Waals surface area contributed by atoms with Gasteiger partial charge in [-0.25, -0.2) is 0 Å². The molecule has 0 aliphatic carbocycles. The van der Waals surface area contributed by atoms with Crippen LogP contribution in [-0.4, -0.2) is 4.57 Å². The van der Waals surface area contributed by atoms with Gasteiger partial charge in [0.25, 0.3) is 0 Å². The zero-order chi connectivity index (χ0) is 34.9. The van der Waals surface area contributed by atoms with Crippen molar-refractivity contribution in [3.05, 3.63) is 194 Å². The smallest absolute Gasteiger partial charge is 0.143 e. The molecule has 248 valence electrons. The van der Waals surface area contributed by atoms with E-state index in [2.05, 4.69) is 204 Å². The number of rotatable bonds is 5. The Bertz CT molecular complexity index is 3140. The minimum atomic E-state index is 0.860. The fourth-order valence-corrected chi connectivity index (χ4v) is 8.44. The Balaban J connectivity index is 1.23. The highest BCUT2D eigenvalue weighted by molar-refractivity contribution is 6.20. The molecule has 0 saturated carbocycles. The molecule has 0 atom stereocenters. The van der Waals surface area contributed by atoms with Gasteiger partial charge in [0.05, 0.1) is 33.5 Å². The van der Waals surface area contributed by atoms with Gasteiger partial charge in [0.2, 0.25) is 0 Å². The zero-order valence-corrected chi connectivity index (χ0v) is 28.8. The molecule has 0 unspecified atom stereocenters. The van der Waals surface area contributed by atoms with Crippen LogP contribution in [0.2, 0.25) is 0 Å². The number of para-hydroxylation sites is 4. The van der Waals surface area contributed by atoms with Crippen molar-refractivity contribution in [2.24, 2.45) is 0 Å². The van der Waals surface area contributed by atoms with Gasteiger partial charge < -0.3 is 13.9 Å². The lowest BCUT2D eigenvalue weighted by molar-refractivity contribution is 0.672. The Morgan fingerprint density at radius 1 is 0.415 bits per heavy atom. The number of nitrogens with zero attached hydrogens (tertiary/aromatic N) is 2. The van der Waals surface area contributed by atoms with Gasteiger partial charge in [0, 0.05) is 27.2 Å². The molecule has 11 aromatic rings. The monoisotopic (exact) mass is 676 g/mol. The molecule has 11 rings (SSSR count). The number of fused-ring (bicyclic) bond motifs is 9. The molecule has 0 aliphatic rings. The molecule has 0 spiro atoms. The lowest BCUT2D eigenvalue weighted by Gasteiger charge is -2.29. The van der Waals surface area contributed by atoms with Crippen molar-refractivity contribution in [2.75, 3.05) is 4.90 Å². The average Bonchev–Trinajstić information content (AvgIpc) is 3.78. The van der Waals surface area contributed by atoms with Crippen molar-refractivity contribution in [2.45, 2.75) is 0 Å². The molecule has 9 aromatic carbocycles. The highest BCUT2D eigenvalue weighted by Gasteiger charge is 2.24. The van der Waals surface area contributed by atoms with Gasteiger partial charge in [0.15, 0.2) is 0 Å². The number of hydrogen-bond acceptors (Lipinski definition) is 2. The van der Waals surface area contributed by atoms with E-state index in [4.69, 9.17) is 4.42 Å². The highest BCUT2D eigenvalue weighted by Crippen LogP contribution is 2.47. The van der Waals surface area contributed by atoms with Gasteiger partial charge in [-0.1, -0.05) is 140 Å². The standard InChI is InChI=1S/C50H32N2O/c1-3-19-37-33(14-1)16-12-23-38(37)35-17-11-18-36(32-35)51(47-28-13-29-48-49(47)42-31-30-34-15-2-4-20-39(34)50(42)53-48)45-26-9-10-27-46(45)52-43-24-7-5-21-40(43)41-22-6-8-25-44(41)52/h1-32H. The van der Waals surface area contributed by atoms with Gasteiger partial charge in [0.1, 0.15) is 11.2 Å². The third-order valence-corrected chi connectivity index (χ3v) is 10.8. The fraction of sp³-hybridized carbons (Fsp3) is 0. The predicted molar refractivity (Wildman–Crippen MR) is 223 cm³/mol. The second-order valence-electron chi connectivity index (χ2n) is 13.7. The molecule has 0 radical (unpaired) electrons. The number of aromatic nitrogens is 1. The summed E-state index contributed by atoms with van der Waals surface area (Å²) in [7, 11) is 0. The summed E-state index contributed by atoms with van der Waals surface area (Å²) in [4.78, 5) is 2.43. The summed E-state index contributed by atoms with van der Waals surface area (Å²) >= 11 is 0. The summed E-state index contributed by atoms with van der Waals surface area (Å²) in [5.41, 5.74) is 10.8. The van der Waals surface area contributed by atoms with Crippen LogP contribution in [0.1, 0.15) is 0 Å². The van der Waals surface area contributed by atoms with Crippen molar-refractivity contribution in [1.29, 1.82) is 0 Å². The summed E-state index contributed by atoms with van der Waals surface area (Å²) in [5.74, 6) is 0. The fourth-order valence-electron chi connectivity index (χ4n) is 8.44. The molecule has 0 N–H and O–H groups in total. The van der Waals surface area contributed by atoms with E-state index in [0.29, 0.717) is 0 Å². The molecule has 0 saturated heterocycles. The molecular formula is C50H32N2O. The lowest BCUT2D eigenvalue weighted by atomic mass is 9.97. The molecular weight excluding hydrogens is 645 g/mol. The maximum atomic E-state index is 6.76. The third kappa shape index (κ3) is 4.54. The zero-order valence-electron chi connectivity index (χ0n) is 28.8. The first-order valence-electron chi connectivity index (χ1n) is 18.1. The first-order valence-corrected chi connectivity index (χ1v) is 18.1. The summed E-state index contributed by atoms with van der Waals surface area (Å²) in [6.07, 6.45) is 0. The molecule has 0 fully saturated rings. The molecule has 0 aliphatic heterocycles. The Morgan fingerprint density at radius 2 is 1.02 bits per heavy atom. The van der Waals surface area contributed by atoms with Crippen LogP contribution in [0.25, 0.3) is 82.1 Å². The first kappa shape index (κ1) is 29.6. The minimum absolute atomic E-state index is 0.860. The van der Waals surface area contributed by atoms with Crippen molar-refractivity contribution >= 4 is 82.4 Å². The van der Waals surface area contributed by atoms with Crippen LogP contribution < -0.4 is 4.90 Å². The van der Waals surface area contributed by atoms with Crippen LogP contribution in [0.4, 0.5) is 17.1 Å². The van der Waals surface area contributed by atoms with Gasteiger partial charge in [-0.15, -0.1) is 0 Å². The summed E-state index contributed by atoms with van der Waals surface area (Å²) in [6, 6.07) is 69.8. The number of benzene rings is 9. The summed E-state index contributed by atoms with van der Waals surface area (Å²) in [6.45, 7) is 0. The van der Waals surface area contributed by atoms with Crippen LogP contribution in [0, 0.1) is 0 Å². The Morgan fingerprint density at radius 3 is 1.83 bits per heavy atom. The summed E-state index contributed by atoms with van der Waals surface area (Å²) in [5, 5.41) is 9.39. The quantitative estimate of drug-likeness (QED) is 0.181. The van der Waals surface area contributed by atoms with E-state index in [1.165, 1.54) is 38.1 Å². The van der Waals surface area contributed by atoms with Gasteiger partial charge in [-0.05, 0) is 81.9 Å². The summed E-state index contributed by atoms with van der Waals surface area (Å²) < 4.78 is 9.17. The third-order valence-electron chi connectivity index (χ3n) is 10.8. The molecule has 3 heteroatoms. The molecule has 0 amide bonds. The van der Waals surface area contributed by atoms with Gasteiger partial charge >= 0.3 is 0 Å². The Labute approximate surface area is 306 Å². The highest BCUT2D eigenvalue weighted by atomic mass is 16.3. The molecule has 0 bridgehead atoms. The van der Waals surface area contributed by atoms with E-state index >= 15 is 0 Å². The van der Waals surface area contributed by atoms with Crippen molar-refractivity contribution < 1.29 is 4.42 Å². The van der Waals surface area contributed by atoms with Crippen LogP contribution in [0.15, 0.2) is 199 Å². The predicted octanol–water partition coefficient (Wildman–Crippen LogP) is 14.1. The van der Waals surface area contributed by atoms with E-state index in [0.717, 1.165) is 61.0 Å². The Kier molecular flexibility index (Phi) is 6.55. The largest absolute Gasteiger partial charge is 0.455 e. The van der Waals surface area contributed by atoms with E-state index in [1.807, 2.05) is 0 Å². The molecule has 2 heterocycles. The normalized spacial score (nSPS) is 11.8. The van der Waals surface area contributed by atoms with E-state index in [9.17, 15) is 0 Å². The van der Waals surface area contributed by atoms with Crippen molar-refractivity contribution in [1.82, 2.24) is 4.57 Å². The van der Waals surface area contributed by atoms with Crippen LogP contribution in [0.3, 0.4) is 0 Å². The second-order valence-corrected chi connectivity index (χ2v) is 13.7. The van der Waals surface area contributed by atoms with Crippen LogP contribution in [-0.2, 0) is 0 Å². The maximum Gasteiger partial charge on any atom is 0.143 e. The minimum Gasteiger partial charge on any atom is -0.455 e. The van der Waals surface area contributed by atoms with Gasteiger partial charge in [-0.2, -0.15) is 0 Å². The average molecular weight is 677 g/mol. The second kappa shape index (κ2) is 11.7. The molecule has 2 aromatic heterocycles. The maximum absolute atomic E-state index is 6.76. The lowest BCUT2D eigenvalue weighted by Crippen LogP contribution is -2.13. The van der Waals surface area contributed by atoms with E-state index < -0.39 is 0 Å². The molecule has 53 heavy (non-hydrogen) atoms. The first-order chi connectivity index (χ1) is 26.3.